The first-order valence-corrected chi connectivity index (χ1v) is 9.92. The van der Waals surface area contributed by atoms with Crippen molar-refractivity contribution in [2.24, 2.45) is 5.41 Å². The monoisotopic (exact) mass is 369 g/mol. The molecule has 1 aliphatic rings. The van der Waals surface area contributed by atoms with Crippen molar-refractivity contribution in [3.63, 3.8) is 0 Å². The molecular formula is C17H23NO6S. The Labute approximate surface area is 147 Å². The van der Waals surface area contributed by atoms with Crippen LogP contribution in [-0.2, 0) is 30.7 Å². The van der Waals surface area contributed by atoms with Gasteiger partial charge in [-0.3, -0.25) is 4.90 Å². The highest BCUT2D eigenvalue weighted by atomic mass is 32.2. The summed E-state index contributed by atoms with van der Waals surface area (Å²) in [5, 5.41) is 0. The molecule has 138 valence electrons. The molecule has 2 atom stereocenters. The van der Waals surface area contributed by atoms with Crippen LogP contribution in [0.25, 0.3) is 0 Å². The number of benzene rings is 1. The van der Waals surface area contributed by atoms with E-state index in [-0.39, 0.29) is 6.61 Å². The lowest BCUT2D eigenvalue weighted by Crippen LogP contribution is -2.50. The molecular weight excluding hydrogens is 346 g/mol. The highest BCUT2D eigenvalue weighted by Gasteiger charge is 2.51. The van der Waals surface area contributed by atoms with Crippen LogP contribution in [0.1, 0.15) is 26.3 Å². The van der Waals surface area contributed by atoms with Gasteiger partial charge >= 0.3 is 12.1 Å². The maximum Gasteiger partial charge on any atom is 0.413 e. The number of nitrogens with zero attached hydrogens (tertiary/aromatic N) is 1. The predicted molar refractivity (Wildman–Crippen MR) is 91.3 cm³/mol. The van der Waals surface area contributed by atoms with Crippen molar-refractivity contribution in [3.05, 3.63) is 35.9 Å². The molecule has 8 heteroatoms. The summed E-state index contributed by atoms with van der Waals surface area (Å²) in [6.45, 7) is 5.41. The van der Waals surface area contributed by atoms with E-state index in [1.807, 2.05) is 18.2 Å². The van der Waals surface area contributed by atoms with Gasteiger partial charge in [0.05, 0.1) is 5.75 Å². The standard InChI is InChI=1S/C17H23NO6S/c1-17(2,3)15-18(13(14(19)24-15)11-25(4,21)22)16(20)23-10-12-8-6-5-7-9-12/h5-9,13,15H,10-11H2,1-4H3/t13-,15+/m0/s1. The molecule has 0 radical (unpaired) electrons. The zero-order chi connectivity index (χ0) is 18.8. The smallest absolute Gasteiger partial charge is 0.413 e. The number of hydrogen-bond donors (Lipinski definition) is 0. The van der Waals surface area contributed by atoms with Crippen molar-refractivity contribution >= 4 is 21.9 Å². The van der Waals surface area contributed by atoms with Gasteiger partial charge in [-0.2, -0.15) is 0 Å². The number of cyclic esters (lactones) is 1. The summed E-state index contributed by atoms with van der Waals surface area (Å²) in [5.41, 5.74) is 0.197. The van der Waals surface area contributed by atoms with Crippen LogP contribution in [0, 0.1) is 5.41 Å². The summed E-state index contributed by atoms with van der Waals surface area (Å²) in [7, 11) is -3.49. The van der Waals surface area contributed by atoms with Crippen molar-refractivity contribution in [2.75, 3.05) is 12.0 Å². The van der Waals surface area contributed by atoms with Crippen LogP contribution in [0.5, 0.6) is 0 Å². The van der Waals surface area contributed by atoms with Gasteiger partial charge in [-0.25, -0.2) is 18.0 Å². The van der Waals surface area contributed by atoms with Gasteiger partial charge < -0.3 is 9.47 Å². The van der Waals surface area contributed by atoms with Crippen LogP contribution in [0.3, 0.4) is 0 Å². The summed E-state index contributed by atoms with van der Waals surface area (Å²) < 4.78 is 33.9. The Morgan fingerprint density at radius 3 is 2.36 bits per heavy atom. The van der Waals surface area contributed by atoms with Gasteiger partial charge in [0.2, 0.25) is 0 Å². The van der Waals surface area contributed by atoms with E-state index in [0.717, 1.165) is 16.7 Å². The van der Waals surface area contributed by atoms with E-state index in [1.165, 1.54) is 0 Å². The predicted octanol–water partition coefficient (Wildman–Crippen LogP) is 1.97. The summed E-state index contributed by atoms with van der Waals surface area (Å²) in [6.07, 6.45) is -0.656. The lowest BCUT2D eigenvalue weighted by atomic mass is 9.93. The Kier molecular flexibility index (Phi) is 5.41. The minimum atomic E-state index is -3.49. The number of hydrogen-bond acceptors (Lipinski definition) is 6. The van der Waals surface area contributed by atoms with Crippen LogP contribution in [0.4, 0.5) is 4.79 Å². The van der Waals surface area contributed by atoms with Gasteiger partial charge in [-0.1, -0.05) is 51.1 Å². The highest BCUT2D eigenvalue weighted by Crippen LogP contribution is 2.33. The normalized spacial score (nSPS) is 21.1. The molecule has 25 heavy (non-hydrogen) atoms. The molecule has 7 nitrogen and oxygen atoms in total. The average molecular weight is 369 g/mol. The van der Waals surface area contributed by atoms with Gasteiger partial charge in [-0.05, 0) is 5.56 Å². The molecule has 1 amide bonds. The Balaban J connectivity index is 2.22. The number of carbonyl (C=O) groups excluding carboxylic acids is 2. The molecule has 0 aliphatic carbocycles. The van der Waals surface area contributed by atoms with E-state index in [0.29, 0.717) is 0 Å². The van der Waals surface area contributed by atoms with Crippen molar-refractivity contribution in [1.82, 2.24) is 4.90 Å². The largest absolute Gasteiger partial charge is 0.444 e. The molecule has 1 saturated heterocycles. The molecule has 0 unspecified atom stereocenters. The topological polar surface area (TPSA) is 90.0 Å². The molecule has 0 N–H and O–H groups in total. The summed E-state index contributed by atoms with van der Waals surface area (Å²) in [6, 6.07) is 7.87. The number of ether oxygens (including phenoxy) is 2. The van der Waals surface area contributed by atoms with Gasteiger partial charge in [0, 0.05) is 11.7 Å². The summed E-state index contributed by atoms with van der Waals surface area (Å²) in [5.74, 6) is -1.24. The summed E-state index contributed by atoms with van der Waals surface area (Å²) >= 11 is 0. The number of amides is 1. The molecule has 0 aromatic heterocycles. The van der Waals surface area contributed by atoms with E-state index < -0.39 is 45.3 Å². The van der Waals surface area contributed by atoms with Gasteiger partial charge in [0.15, 0.2) is 12.3 Å². The Bertz CT molecular complexity index is 738. The average Bonchev–Trinajstić information content (AvgIpc) is 2.81. The minimum Gasteiger partial charge on any atom is -0.444 e. The number of sulfone groups is 1. The third-order valence-electron chi connectivity index (χ3n) is 3.71. The Morgan fingerprint density at radius 2 is 1.84 bits per heavy atom. The number of esters is 1. The quantitative estimate of drug-likeness (QED) is 0.754. The second-order valence-corrected chi connectivity index (χ2v) is 9.40. The number of carbonyl (C=O) groups is 2. The first-order valence-electron chi connectivity index (χ1n) is 7.86. The van der Waals surface area contributed by atoms with E-state index in [2.05, 4.69) is 0 Å². The van der Waals surface area contributed by atoms with Crippen LogP contribution >= 0.6 is 0 Å². The molecule has 1 heterocycles. The third kappa shape index (κ3) is 4.94. The lowest BCUT2D eigenvalue weighted by Gasteiger charge is -2.33. The highest BCUT2D eigenvalue weighted by molar-refractivity contribution is 7.90. The number of rotatable bonds is 4. The second-order valence-electron chi connectivity index (χ2n) is 7.21. The van der Waals surface area contributed by atoms with E-state index in [1.54, 1.807) is 32.9 Å². The van der Waals surface area contributed by atoms with Gasteiger partial charge in [0.1, 0.15) is 16.4 Å². The molecule has 1 aromatic rings. The third-order valence-corrected chi connectivity index (χ3v) is 4.63. The second kappa shape index (κ2) is 7.03. The maximum atomic E-state index is 12.6. The van der Waals surface area contributed by atoms with E-state index in [4.69, 9.17) is 9.47 Å². The van der Waals surface area contributed by atoms with Crippen LogP contribution < -0.4 is 0 Å². The fourth-order valence-corrected chi connectivity index (χ4v) is 3.44. The first kappa shape index (κ1) is 19.2. The van der Waals surface area contributed by atoms with Crippen LogP contribution in [0.15, 0.2) is 30.3 Å². The maximum absolute atomic E-state index is 12.6. The zero-order valence-corrected chi connectivity index (χ0v) is 15.6. The van der Waals surface area contributed by atoms with E-state index >= 15 is 0 Å². The van der Waals surface area contributed by atoms with Crippen molar-refractivity contribution < 1.29 is 27.5 Å². The fourth-order valence-electron chi connectivity index (χ4n) is 2.57. The molecule has 0 saturated carbocycles. The molecule has 2 rings (SSSR count). The molecule has 0 spiro atoms. The fraction of sp³-hybridized carbons (Fsp3) is 0.529. The van der Waals surface area contributed by atoms with Crippen molar-refractivity contribution in [3.8, 4) is 0 Å². The minimum absolute atomic E-state index is 0.0207. The van der Waals surface area contributed by atoms with E-state index in [9.17, 15) is 18.0 Å². The lowest BCUT2D eigenvalue weighted by molar-refractivity contribution is -0.147. The SMILES string of the molecule is CC(C)(C)[C@H]1OC(=O)[C@H](CS(C)(=O)=O)N1C(=O)OCc1ccccc1. The van der Waals surface area contributed by atoms with Crippen LogP contribution in [0.2, 0.25) is 0 Å². The molecule has 1 aromatic carbocycles. The van der Waals surface area contributed by atoms with Crippen molar-refractivity contribution in [1.29, 1.82) is 0 Å². The Morgan fingerprint density at radius 1 is 1.24 bits per heavy atom. The van der Waals surface area contributed by atoms with Crippen LogP contribution in [-0.4, -0.2) is 49.7 Å². The first-order chi connectivity index (χ1) is 11.5. The molecule has 0 bridgehead atoms. The molecule has 1 aliphatic heterocycles. The van der Waals surface area contributed by atoms with Crippen molar-refractivity contribution in [2.45, 2.75) is 39.6 Å². The zero-order valence-electron chi connectivity index (χ0n) is 14.8. The van der Waals surface area contributed by atoms with Gasteiger partial charge in [0.25, 0.3) is 0 Å². The Hall–Kier alpha value is -2.09. The summed E-state index contributed by atoms with van der Waals surface area (Å²) in [4.78, 5) is 25.9. The van der Waals surface area contributed by atoms with Gasteiger partial charge in [-0.15, -0.1) is 0 Å². The molecule has 1 fully saturated rings.